The summed E-state index contributed by atoms with van der Waals surface area (Å²) in [6, 6.07) is 19.0. The first-order valence-electron chi connectivity index (χ1n) is 9.91. The molecule has 29 heavy (non-hydrogen) atoms. The van der Waals surface area contributed by atoms with E-state index in [0.29, 0.717) is 30.2 Å². The molecule has 0 N–H and O–H groups in total. The summed E-state index contributed by atoms with van der Waals surface area (Å²) in [5.74, 6) is 1.11. The Bertz CT molecular complexity index is 1100. The van der Waals surface area contributed by atoms with E-state index in [1.807, 2.05) is 42.5 Å². The third-order valence-electron chi connectivity index (χ3n) is 5.75. The van der Waals surface area contributed by atoms with Crippen molar-refractivity contribution in [3.8, 4) is 11.5 Å². The Labute approximate surface area is 168 Å². The van der Waals surface area contributed by atoms with Gasteiger partial charge in [0.2, 0.25) is 6.79 Å². The number of nitrogens with zero attached hydrogens (tertiary/aromatic N) is 1. The molecule has 0 aliphatic carbocycles. The van der Waals surface area contributed by atoms with Crippen LogP contribution in [0.5, 0.6) is 11.5 Å². The van der Waals surface area contributed by atoms with Crippen LogP contribution < -0.4 is 9.47 Å². The van der Waals surface area contributed by atoms with Crippen molar-refractivity contribution in [2.45, 2.75) is 12.8 Å². The lowest BCUT2D eigenvalue weighted by Crippen LogP contribution is -2.42. The highest BCUT2D eigenvalue weighted by molar-refractivity contribution is 6.09. The molecule has 146 valence electrons. The maximum atomic E-state index is 13.3. The second-order valence-electron chi connectivity index (χ2n) is 7.55. The van der Waals surface area contributed by atoms with Crippen molar-refractivity contribution in [2.75, 3.05) is 19.9 Å². The highest BCUT2D eigenvalue weighted by atomic mass is 16.7. The summed E-state index contributed by atoms with van der Waals surface area (Å²) in [5, 5.41) is 2.03. The molecule has 5 nitrogen and oxygen atoms in total. The predicted octanol–water partition coefficient (Wildman–Crippen LogP) is 4.30. The van der Waals surface area contributed by atoms with Crippen LogP contribution in [0.25, 0.3) is 10.8 Å². The van der Waals surface area contributed by atoms with Gasteiger partial charge in [-0.25, -0.2) is 0 Å². The van der Waals surface area contributed by atoms with Crippen molar-refractivity contribution in [3.05, 3.63) is 71.8 Å². The Hall–Kier alpha value is -3.34. The molecule has 0 aromatic heterocycles. The molecule has 1 atom stereocenters. The van der Waals surface area contributed by atoms with Gasteiger partial charge in [-0.3, -0.25) is 9.59 Å². The average Bonchev–Trinajstić information content (AvgIpc) is 3.26. The minimum atomic E-state index is -0.187. The number of amides is 1. The van der Waals surface area contributed by atoms with Gasteiger partial charge in [-0.05, 0) is 41.8 Å². The van der Waals surface area contributed by atoms with Gasteiger partial charge in [0.25, 0.3) is 5.91 Å². The molecule has 1 saturated heterocycles. The molecule has 1 amide bonds. The first kappa shape index (κ1) is 17.7. The fourth-order valence-corrected chi connectivity index (χ4v) is 4.25. The van der Waals surface area contributed by atoms with Gasteiger partial charge in [-0.2, -0.15) is 0 Å². The fraction of sp³-hybridized carbons (Fsp3) is 0.250. The van der Waals surface area contributed by atoms with Crippen LogP contribution in [0.1, 0.15) is 33.6 Å². The number of ketones is 1. The second kappa shape index (κ2) is 7.24. The van der Waals surface area contributed by atoms with Crippen molar-refractivity contribution in [1.29, 1.82) is 0 Å². The monoisotopic (exact) mass is 387 g/mol. The van der Waals surface area contributed by atoms with E-state index in [2.05, 4.69) is 0 Å². The molecule has 0 saturated carbocycles. The molecule has 1 fully saturated rings. The Morgan fingerprint density at radius 2 is 1.76 bits per heavy atom. The Balaban J connectivity index is 1.37. The van der Waals surface area contributed by atoms with Crippen LogP contribution in [0.2, 0.25) is 0 Å². The number of rotatable bonds is 3. The zero-order chi connectivity index (χ0) is 19.8. The first-order chi connectivity index (χ1) is 14.2. The summed E-state index contributed by atoms with van der Waals surface area (Å²) in [6.45, 7) is 1.28. The number of ether oxygens (including phenoxy) is 2. The number of likely N-dealkylation sites (tertiary alicyclic amines) is 1. The molecule has 2 heterocycles. The molecule has 0 radical (unpaired) electrons. The molecule has 1 unspecified atom stereocenters. The number of Topliss-reactive ketones (excluding diaryl/α,β-unsaturated/α-hetero) is 1. The number of hydrogen-bond acceptors (Lipinski definition) is 4. The maximum absolute atomic E-state index is 13.3. The summed E-state index contributed by atoms with van der Waals surface area (Å²) < 4.78 is 10.7. The molecule has 5 heteroatoms. The smallest absolute Gasteiger partial charge is 0.254 e. The molecular formula is C24H21NO4. The topological polar surface area (TPSA) is 55.8 Å². The van der Waals surface area contributed by atoms with Gasteiger partial charge in [0.15, 0.2) is 17.3 Å². The minimum Gasteiger partial charge on any atom is -0.454 e. The van der Waals surface area contributed by atoms with Crippen LogP contribution >= 0.6 is 0 Å². The lowest BCUT2D eigenvalue weighted by atomic mass is 9.87. The Morgan fingerprint density at radius 1 is 0.931 bits per heavy atom. The van der Waals surface area contributed by atoms with Crippen molar-refractivity contribution >= 4 is 22.5 Å². The van der Waals surface area contributed by atoms with Gasteiger partial charge in [0.1, 0.15) is 0 Å². The normalized spacial score (nSPS) is 18.1. The van der Waals surface area contributed by atoms with Gasteiger partial charge in [-0.1, -0.05) is 42.5 Å². The van der Waals surface area contributed by atoms with E-state index < -0.39 is 0 Å². The van der Waals surface area contributed by atoms with Crippen LogP contribution in [0.4, 0.5) is 0 Å². The third kappa shape index (κ3) is 3.23. The number of hydrogen-bond donors (Lipinski definition) is 0. The van der Waals surface area contributed by atoms with Gasteiger partial charge >= 0.3 is 0 Å². The van der Waals surface area contributed by atoms with E-state index in [4.69, 9.17) is 9.47 Å². The number of fused-ring (bicyclic) bond motifs is 2. The zero-order valence-electron chi connectivity index (χ0n) is 16.0. The molecule has 3 aromatic rings. The van der Waals surface area contributed by atoms with Crippen LogP contribution in [0.15, 0.2) is 60.7 Å². The van der Waals surface area contributed by atoms with E-state index in [-0.39, 0.29) is 24.4 Å². The highest BCUT2D eigenvalue weighted by Crippen LogP contribution is 2.33. The fourth-order valence-electron chi connectivity index (χ4n) is 4.25. The maximum Gasteiger partial charge on any atom is 0.254 e. The van der Waals surface area contributed by atoms with E-state index in [9.17, 15) is 9.59 Å². The number of piperidine rings is 1. The SMILES string of the molecule is O=C(c1cccc2ccccc12)C1CCCN(C(=O)c2ccc3c(c2)OCO3)C1. The molecule has 5 rings (SSSR count). The van der Waals surface area contributed by atoms with Gasteiger partial charge in [0, 0.05) is 30.1 Å². The van der Waals surface area contributed by atoms with Crippen molar-refractivity contribution in [1.82, 2.24) is 4.90 Å². The number of carbonyl (C=O) groups is 2. The van der Waals surface area contributed by atoms with E-state index in [1.54, 1.807) is 23.1 Å². The van der Waals surface area contributed by atoms with E-state index in [0.717, 1.165) is 29.2 Å². The molecule has 2 aliphatic heterocycles. The molecule has 0 spiro atoms. The lowest BCUT2D eigenvalue weighted by Gasteiger charge is -2.32. The second-order valence-corrected chi connectivity index (χ2v) is 7.55. The summed E-state index contributed by atoms with van der Waals surface area (Å²) in [4.78, 5) is 28.1. The third-order valence-corrected chi connectivity index (χ3v) is 5.75. The van der Waals surface area contributed by atoms with Crippen molar-refractivity contribution < 1.29 is 19.1 Å². The van der Waals surface area contributed by atoms with E-state index >= 15 is 0 Å². The molecule has 0 bridgehead atoms. The summed E-state index contributed by atoms with van der Waals surface area (Å²) in [7, 11) is 0. The number of carbonyl (C=O) groups excluding carboxylic acids is 2. The van der Waals surface area contributed by atoms with Gasteiger partial charge in [-0.15, -0.1) is 0 Å². The molecule has 3 aromatic carbocycles. The summed E-state index contributed by atoms with van der Waals surface area (Å²) in [6.07, 6.45) is 1.62. The number of benzene rings is 3. The average molecular weight is 387 g/mol. The lowest BCUT2D eigenvalue weighted by molar-refractivity contribution is 0.0637. The van der Waals surface area contributed by atoms with Crippen LogP contribution in [-0.2, 0) is 0 Å². The van der Waals surface area contributed by atoms with Crippen molar-refractivity contribution in [3.63, 3.8) is 0 Å². The quantitative estimate of drug-likeness (QED) is 0.629. The minimum absolute atomic E-state index is 0.0706. The molecule has 2 aliphatic rings. The van der Waals surface area contributed by atoms with Crippen LogP contribution in [0.3, 0.4) is 0 Å². The van der Waals surface area contributed by atoms with Crippen molar-refractivity contribution in [2.24, 2.45) is 5.92 Å². The predicted molar refractivity (Wildman–Crippen MR) is 109 cm³/mol. The Kier molecular flexibility index (Phi) is 4.43. The first-order valence-corrected chi connectivity index (χ1v) is 9.91. The highest BCUT2D eigenvalue weighted by Gasteiger charge is 2.30. The Morgan fingerprint density at radius 3 is 2.69 bits per heavy atom. The largest absolute Gasteiger partial charge is 0.454 e. The van der Waals surface area contributed by atoms with Crippen LogP contribution in [0, 0.1) is 5.92 Å². The molecular weight excluding hydrogens is 366 g/mol. The summed E-state index contributed by atoms with van der Waals surface area (Å²) >= 11 is 0. The van der Waals surface area contributed by atoms with Gasteiger partial charge in [0.05, 0.1) is 0 Å². The van der Waals surface area contributed by atoms with Gasteiger partial charge < -0.3 is 14.4 Å². The summed E-state index contributed by atoms with van der Waals surface area (Å²) in [5.41, 5.74) is 1.30. The zero-order valence-corrected chi connectivity index (χ0v) is 16.0. The standard InChI is InChI=1S/C24H21NO4/c26-23(20-9-3-6-16-5-1-2-8-19(16)20)18-7-4-12-25(14-18)24(27)17-10-11-21-22(13-17)29-15-28-21/h1-3,5-6,8-11,13,18H,4,7,12,14-15H2. The van der Waals surface area contributed by atoms with E-state index in [1.165, 1.54) is 0 Å². The van der Waals surface area contributed by atoms with Crippen LogP contribution in [-0.4, -0.2) is 36.5 Å².